The van der Waals surface area contributed by atoms with Gasteiger partial charge in [-0.05, 0) is 60.4 Å². The molecule has 1 fully saturated rings. The van der Waals surface area contributed by atoms with Crippen LogP contribution in [0, 0.1) is 17.6 Å². The van der Waals surface area contributed by atoms with Crippen molar-refractivity contribution in [1.29, 1.82) is 0 Å². The van der Waals surface area contributed by atoms with Gasteiger partial charge in [-0.25, -0.2) is 13.8 Å². The van der Waals surface area contributed by atoms with Crippen LogP contribution in [-0.4, -0.2) is 42.1 Å². The summed E-state index contributed by atoms with van der Waals surface area (Å²) in [5.41, 5.74) is 8.04. The predicted octanol–water partition coefficient (Wildman–Crippen LogP) is 5.10. The fourth-order valence-corrected chi connectivity index (χ4v) is 5.01. The van der Waals surface area contributed by atoms with E-state index in [0.29, 0.717) is 12.5 Å². The number of carbonyl (C=O) groups excluding carboxylic acids is 1. The Labute approximate surface area is 209 Å². The van der Waals surface area contributed by atoms with Gasteiger partial charge in [0.2, 0.25) is 0 Å². The summed E-state index contributed by atoms with van der Waals surface area (Å²) < 4.78 is 39.8. The summed E-state index contributed by atoms with van der Waals surface area (Å²) in [6.07, 6.45) is 6.42. The maximum absolute atomic E-state index is 14.8. The predicted molar refractivity (Wildman–Crippen MR) is 133 cm³/mol. The second-order valence-electron chi connectivity index (χ2n) is 9.45. The average molecular weight is 496 g/mol. The Kier molecular flexibility index (Phi) is 8.38. The lowest BCUT2D eigenvalue weighted by Crippen LogP contribution is -2.31. The van der Waals surface area contributed by atoms with E-state index in [1.54, 1.807) is 24.5 Å². The molecule has 0 amide bonds. The lowest BCUT2D eigenvalue weighted by Gasteiger charge is -2.32. The van der Waals surface area contributed by atoms with Crippen LogP contribution >= 0.6 is 0 Å². The zero-order valence-corrected chi connectivity index (χ0v) is 20.5. The van der Waals surface area contributed by atoms with Crippen LogP contribution in [0.25, 0.3) is 11.3 Å². The van der Waals surface area contributed by atoms with Crippen molar-refractivity contribution in [1.82, 2.24) is 9.97 Å². The monoisotopic (exact) mass is 495 g/mol. The quantitative estimate of drug-likeness (QED) is 0.328. The molecule has 4 rings (SSSR count). The Hall–Kier alpha value is -3.23. The summed E-state index contributed by atoms with van der Waals surface area (Å²) in [6, 6.07) is 8.90. The molecule has 8 heteroatoms. The maximum atomic E-state index is 14.8. The third-order valence-electron chi connectivity index (χ3n) is 6.57. The van der Waals surface area contributed by atoms with Gasteiger partial charge in [0.15, 0.2) is 5.78 Å². The van der Waals surface area contributed by atoms with E-state index in [0.717, 1.165) is 42.5 Å². The maximum Gasteiger partial charge on any atom is 0.185 e. The number of aromatic nitrogens is 2. The molecule has 0 aliphatic heterocycles. The van der Waals surface area contributed by atoms with Gasteiger partial charge in [-0.15, -0.1) is 0 Å². The molecule has 0 radical (unpaired) electrons. The lowest BCUT2D eigenvalue weighted by atomic mass is 9.75. The highest BCUT2D eigenvalue weighted by atomic mass is 19.1. The number of Topliss-reactive ketones (excluding diaryl/α,β-unsaturated/α-hetero) is 1. The normalized spacial score (nSPS) is 19.8. The van der Waals surface area contributed by atoms with E-state index in [4.69, 9.17) is 15.2 Å². The number of pyridine rings is 2. The standard InChI is InChI=1S/C28H31F2N3O3/c1-17-10-18(12-20(31)11-17)22-6-7-32-16-19(22)13-27(34)25-4-3-5-26(33-25)28-23(29)14-21(15-24(28)30)36-9-8-35-2/h3-7,14-18,20H,8-13,31H2,1-2H3/t17-,18+,20-/m0/s1. The number of hydrogen-bond acceptors (Lipinski definition) is 6. The van der Waals surface area contributed by atoms with E-state index in [-0.39, 0.29) is 53.5 Å². The highest BCUT2D eigenvalue weighted by Crippen LogP contribution is 2.37. The summed E-state index contributed by atoms with van der Waals surface area (Å²) in [5.74, 6) is -1.07. The molecule has 0 saturated heterocycles. The number of carbonyl (C=O) groups is 1. The van der Waals surface area contributed by atoms with Crippen molar-refractivity contribution in [2.75, 3.05) is 20.3 Å². The van der Waals surface area contributed by atoms with E-state index in [9.17, 15) is 13.6 Å². The highest BCUT2D eigenvalue weighted by Gasteiger charge is 2.27. The molecular weight excluding hydrogens is 464 g/mol. The molecule has 0 bridgehead atoms. The summed E-state index contributed by atoms with van der Waals surface area (Å²) in [5, 5.41) is 0. The van der Waals surface area contributed by atoms with Crippen LogP contribution in [0.15, 0.2) is 48.8 Å². The van der Waals surface area contributed by atoms with Gasteiger partial charge in [-0.3, -0.25) is 9.78 Å². The molecule has 1 aliphatic rings. The zero-order chi connectivity index (χ0) is 25.7. The van der Waals surface area contributed by atoms with Crippen molar-refractivity contribution in [3.05, 3.63) is 77.2 Å². The molecule has 0 spiro atoms. The number of rotatable bonds is 9. The summed E-state index contributed by atoms with van der Waals surface area (Å²) in [6.45, 7) is 2.66. The SMILES string of the molecule is COCCOc1cc(F)c(-c2cccc(C(=O)Cc3cnccc3[C@@H]3C[C@H](C)C[C@H](N)C3)n2)c(F)c1. The van der Waals surface area contributed by atoms with Crippen molar-refractivity contribution in [3.63, 3.8) is 0 Å². The summed E-state index contributed by atoms with van der Waals surface area (Å²) in [4.78, 5) is 21.7. The third kappa shape index (κ3) is 6.12. The van der Waals surface area contributed by atoms with Crippen molar-refractivity contribution in [3.8, 4) is 17.0 Å². The minimum atomic E-state index is -0.822. The number of ether oxygens (including phenoxy) is 2. The second-order valence-corrected chi connectivity index (χ2v) is 9.45. The molecule has 1 saturated carbocycles. The molecule has 3 atom stereocenters. The fourth-order valence-electron chi connectivity index (χ4n) is 5.01. The Morgan fingerprint density at radius 2 is 1.89 bits per heavy atom. The van der Waals surface area contributed by atoms with E-state index >= 15 is 0 Å². The van der Waals surface area contributed by atoms with Crippen molar-refractivity contribution >= 4 is 5.78 Å². The lowest BCUT2D eigenvalue weighted by molar-refractivity contribution is 0.0987. The van der Waals surface area contributed by atoms with Gasteiger partial charge in [0.1, 0.15) is 29.7 Å². The highest BCUT2D eigenvalue weighted by molar-refractivity contribution is 5.96. The van der Waals surface area contributed by atoms with Crippen molar-refractivity contribution in [2.45, 2.75) is 44.6 Å². The van der Waals surface area contributed by atoms with Crippen LogP contribution < -0.4 is 10.5 Å². The number of benzene rings is 1. The Morgan fingerprint density at radius 1 is 1.11 bits per heavy atom. The zero-order valence-electron chi connectivity index (χ0n) is 20.5. The number of nitrogens with two attached hydrogens (primary N) is 1. The Morgan fingerprint density at radius 3 is 2.61 bits per heavy atom. The molecular formula is C28H31F2N3O3. The van der Waals surface area contributed by atoms with E-state index in [1.807, 2.05) is 6.07 Å². The van der Waals surface area contributed by atoms with Crippen LogP contribution in [0.5, 0.6) is 5.75 Å². The molecule has 3 aromatic rings. The summed E-state index contributed by atoms with van der Waals surface area (Å²) >= 11 is 0. The molecule has 1 aliphatic carbocycles. The summed E-state index contributed by atoms with van der Waals surface area (Å²) in [7, 11) is 1.51. The van der Waals surface area contributed by atoms with Crippen molar-refractivity contribution < 1.29 is 23.0 Å². The molecule has 0 unspecified atom stereocenters. The third-order valence-corrected chi connectivity index (χ3v) is 6.57. The molecule has 2 aromatic heterocycles. The van der Waals surface area contributed by atoms with Crippen LogP contribution in [0.3, 0.4) is 0 Å². The van der Waals surface area contributed by atoms with Crippen LogP contribution in [-0.2, 0) is 11.2 Å². The molecule has 2 N–H and O–H groups in total. The van der Waals surface area contributed by atoms with Gasteiger partial charge in [0, 0.05) is 44.1 Å². The Bertz CT molecular complexity index is 1190. The average Bonchev–Trinajstić information content (AvgIpc) is 2.84. The van der Waals surface area contributed by atoms with Crippen molar-refractivity contribution in [2.24, 2.45) is 11.7 Å². The van der Waals surface area contributed by atoms with Gasteiger partial charge < -0.3 is 15.2 Å². The molecule has 190 valence electrons. The molecule has 6 nitrogen and oxygen atoms in total. The van der Waals surface area contributed by atoms with Gasteiger partial charge in [0.25, 0.3) is 0 Å². The first-order valence-corrected chi connectivity index (χ1v) is 12.2. The number of halogens is 2. The first-order chi connectivity index (χ1) is 17.4. The molecule has 1 aromatic carbocycles. The van der Waals surface area contributed by atoms with Crippen LogP contribution in [0.2, 0.25) is 0 Å². The number of nitrogens with zero attached hydrogens (tertiary/aromatic N) is 2. The Balaban J connectivity index is 1.55. The van der Waals surface area contributed by atoms with E-state index in [1.165, 1.54) is 13.2 Å². The topological polar surface area (TPSA) is 87.3 Å². The van der Waals surface area contributed by atoms with Gasteiger partial charge in [0.05, 0.1) is 17.9 Å². The minimum Gasteiger partial charge on any atom is -0.491 e. The largest absolute Gasteiger partial charge is 0.491 e. The second kappa shape index (κ2) is 11.7. The number of ketones is 1. The van der Waals surface area contributed by atoms with E-state index < -0.39 is 11.6 Å². The van der Waals surface area contributed by atoms with Gasteiger partial charge in [-0.1, -0.05) is 13.0 Å². The van der Waals surface area contributed by atoms with Crippen LogP contribution in [0.1, 0.15) is 53.7 Å². The molecule has 2 heterocycles. The number of methoxy groups -OCH3 is 1. The first-order valence-electron chi connectivity index (χ1n) is 12.2. The van der Waals surface area contributed by atoms with E-state index in [2.05, 4.69) is 16.9 Å². The van der Waals surface area contributed by atoms with Gasteiger partial charge in [-0.2, -0.15) is 0 Å². The van der Waals surface area contributed by atoms with Crippen LogP contribution in [0.4, 0.5) is 8.78 Å². The first kappa shape index (κ1) is 25.9. The van der Waals surface area contributed by atoms with Gasteiger partial charge >= 0.3 is 0 Å². The smallest absolute Gasteiger partial charge is 0.185 e. The fraction of sp³-hybridized carbons (Fsp3) is 0.393. The number of hydrogen-bond donors (Lipinski definition) is 1. The minimum absolute atomic E-state index is 0.0396. The molecule has 36 heavy (non-hydrogen) atoms.